The van der Waals surface area contributed by atoms with Crippen LogP contribution in [0.2, 0.25) is 0 Å². The first-order valence-corrected chi connectivity index (χ1v) is 7.98. The number of anilines is 1. The molecular formula is C15H19N5OS. The van der Waals surface area contributed by atoms with E-state index in [0.29, 0.717) is 13.1 Å². The molecule has 0 radical (unpaired) electrons. The van der Waals surface area contributed by atoms with E-state index in [-0.39, 0.29) is 11.1 Å². The van der Waals surface area contributed by atoms with Crippen LogP contribution in [-0.4, -0.2) is 25.5 Å². The Morgan fingerprint density at radius 3 is 2.82 bits per heavy atom. The van der Waals surface area contributed by atoms with Crippen molar-refractivity contribution in [2.24, 2.45) is 0 Å². The fourth-order valence-corrected chi connectivity index (χ4v) is 2.98. The Morgan fingerprint density at radius 1 is 1.32 bits per heavy atom. The van der Waals surface area contributed by atoms with Crippen LogP contribution >= 0.6 is 11.5 Å². The third kappa shape index (κ3) is 2.89. The lowest BCUT2D eigenvalue weighted by molar-refractivity contribution is 0.555. The van der Waals surface area contributed by atoms with Gasteiger partial charge in [-0.25, -0.2) is 9.78 Å². The summed E-state index contributed by atoms with van der Waals surface area (Å²) in [4.78, 5) is 19.3. The highest BCUT2D eigenvalue weighted by Crippen LogP contribution is 2.22. The lowest BCUT2D eigenvalue weighted by atomic mass is 9.96. The molecule has 6 nitrogen and oxygen atoms in total. The fraction of sp³-hybridized carbons (Fsp3) is 0.400. The van der Waals surface area contributed by atoms with Crippen LogP contribution < -0.4 is 11.0 Å². The Balaban J connectivity index is 1.69. The molecule has 0 aliphatic rings. The number of nitrogens with one attached hydrogen (secondary N) is 2. The van der Waals surface area contributed by atoms with Gasteiger partial charge in [-0.2, -0.15) is 4.37 Å². The Hall–Kier alpha value is -2.15. The quantitative estimate of drug-likeness (QED) is 0.775. The highest BCUT2D eigenvalue weighted by molar-refractivity contribution is 7.09. The van der Waals surface area contributed by atoms with Gasteiger partial charge in [0.2, 0.25) is 5.13 Å². The van der Waals surface area contributed by atoms with Crippen molar-refractivity contribution in [3.05, 3.63) is 40.6 Å². The molecule has 0 bridgehead atoms. The smallest absolute Gasteiger partial charge is 0.326 e. The Bertz CT molecular complexity index is 839. The number of rotatable bonds is 4. The van der Waals surface area contributed by atoms with Crippen LogP contribution in [0.1, 0.15) is 26.6 Å². The van der Waals surface area contributed by atoms with Crippen molar-refractivity contribution in [1.82, 2.24) is 18.9 Å². The number of aromatic amines is 1. The molecule has 0 saturated carbocycles. The lowest BCUT2D eigenvalue weighted by Gasteiger charge is -2.12. The average molecular weight is 317 g/mol. The summed E-state index contributed by atoms with van der Waals surface area (Å²) >= 11 is 1.35. The molecular weight excluding hydrogens is 298 g/mol. The zero-order valence-electron chi connectivity index (χ0n) is 12.9. The molecule has 22 heavy (non-hydrogen) atoms. The fourth-order valence-electron chi connectivity index (χ4n) is 2.20. The number of fused-ring (bicyclic) bond motifs is 1. The third-order valence-corrected chi connectivity index (χ3v) is 4.06. The first kappa shape index (κ1) is 14.8. The molecule has 3 aromatic rings. The zero-order chi connectivity index (χ0) is 15.7. The lowest BCUT2D eigenvalue weighted by Crippen LogP contribution is -2.21. The maximum Gasteiger partial charge on any atom is 0.326 e. The number of imidazole rings is 1. The van der Waals surface area contributed by atoms with E-state index in [4.69, 9.17) is 0 Å². The van der Waals surface area contributed by atoms with E-state index in [0.717, 1.165) is 22.0 Å². The van der Waals surface area contributed by atoms with Gasteiger partial charge < -0.3 is 10.3 Å². The molecule has 0 saturated heterocycles. The topological polar surface area (TPSA) is 75.6 Å². The van der Waals surface area contributed by atoms with Gasteiger partial charge in [-0.1, -0.05) is 32.9 Å². The van der Waals surface area contributed by atoms with E-state index in [1.54, 1.807) is 4.57 Å². The number of hydrogen-bond donors (Lipinski definition) is 2. The second kappa shape index (κ2) is 5.57. The molecule has 0 spiro atoms. The molecule has 1 aromatic carbocycles. The standard InChI is InChI=1S/C15H19N5OS/c1-15(2,3)12-18-13(22-19-12)16-8-9-20-11-7-5-4-6-10(11)17-14(20)21/h4-7H,8-9H2,1-3H3,(H,17,21)(H,16,18,19). The van der Waals surface area contributed by atoms with E-state index in [1.165, 1.54) is 11.5 Å². The molecule has 0 unspecified atom stereocenters. The minimum atomic E-state index is -0.0874. The normalized spacial score (nSPS) is 12.0. The maximum absolute atomic E-state index is 12.0. The van der Waals surface area contributed by atoms with Crippen molar-refractivity contribution >= 4 is 27.7 Å². The molecule has 0 aliphatic carbocycles. The van der Waals surface area contributed by atoms with Crippen molar-refractivity contribution in [3.8, 4) is 0 Å². The van der Waals surface area contributed by atoms with Gasteiger partial charge in [0.15, 0.2) is 0 Å². The summed E-state index contributed by atoms with van der Waals surface area (Å²) in [5.74, 6) is 0.837. The molecule has 2 aromatic heterocycles. The highest BCUT2D eigenvalue weighted by Gasteiger charge is 2.19. The summed E-state index contributed by atoms with van der Waals surface area (Å²) in [5, 5.41) is 4.03. The molecule has 3 rings (SSSR count). The van der Waals surface area contributed by atoms with Crippen LogP contribution in [0.15, 0.2) is 29.1 Å². The third-order valence-electron chi connectivity index (χ3n) is 3.39. The predicted octanol–water partition coefficient (Wildman–Crippen LogP) is 2.59. The molecule has 0 aliphatic heterocycles. The number of aromatic nitrogens is 4. The summed E-state index contributed by atoms with van der Waals surface area (Å²) in [6, 6.07) is 7.69. The first-order valence-electron chi connectivity index (χ1n) is 7.21. The van der Waals surface area contributed by atoms with Gasteiger partial charge in [-0.05, 0) is 12.1 Å². The van der Waals surface area contributed by atoms with E-state index in [2.05, 4.69) is 40.4 Å². The maximum atomic E-state index is 12.0. The largest absolute Gasteiger partial charge is 0.358 e. The summed E-state index contributed by atoms with van der Waals surface area (Å²) in [5.41, 5.74) is 1.64. The van der Waals surface area contributed by atoms with E-state index >= 15 is 0 Å². The van der Waals surface area contributed by atoms with E-state index < -0.39 is 0 Å². The van der Waals surface area contributed by atoms with Crippen LogP contribution in [0.4, 0.5) is 5.13 Å². The SMILES string of the molecule is CC(C)(C)c1nsc(NCCn2c(=O)[nH]c3ccccc32)n1. The summed E-state index contributed by atoms with van der Waals surface area (Å²) < 4.78 is 6.09. The van der Waals surface area contributed by atoms with Gasteiger partial charge in [-0.3, -0.25) is 4.57 Å². The van der Waals surface area contributed by atoms with Crippen LogP contribution in [0, 0.1) is 0 Å². The Labute approximate surface area is 132 Å². The molecule has 2 heterocycles. The molecule has 2 N–H and O–H groups in total. The molecule has 0 amide bonds. The Kier molecular flexibility index (Phi) is 3.74. The summed E-state index contributed by atoms with van der Waals surface area (Å²) in [6.07, 6.45) is 0. The van der Waals surface area contributed by atoms with Crippen molar-refractivity contribution in [2.75, 3.05) is 11.9 Å². The van der Waals surface area contributed by atoms with Crippen LogP contribution in [0.25, 0.3) is 11.0 Å². The number of benzene rings is 1. The predicted molar refractivity (Wildman–Crippen MR) is 89.7 cm³/mol. The molecule has 0 fully saturated rings. The van der Waals surface area contributed by atoms with Gasteiger partial charge in [0.05, 0.1) is 11.0 Å². The second-order valence-electron chi connectivity index (χ2n) is 6.20. The van der Waals surface area contributed by atoms with Gasteiger partial charge in [-0.15, -0.1) is 0 Å². The van der Waals surface area contributed by atoms with Gasteiger partial charge in [0.1, 0.15) is 5.82 Å². The van der Waals surface area contributed by atoms with E-state index in [1.807, 2.05) is 24.3 Å². The monoisotopic (exact) mass is 317 g/mol. The number of para-hydroxylation sites is 2. The number of H-pyrrole nitrogens is 1. The average Bonchev–Trinajstić information content (AvgIpc) is 3.04. The van der Waals surface area contributed by atoms with Gasteiger partial charge >= 0.3 is 5.69 Å². The minimum absolute atomic E-state index is 0.0514. The number of hydrogen-bond acceptors (Lipinski definition) is 5. The number of nitrogens with zero attached hydrogens (tertiary/aromatic N) is 3. The summed E-state index contributed by atoms with van der Waals surface area (Å²) in [6.45, 7) is 7.47. The van der Waals surface area contributed by atoms with Crippen molar-refractivity contribution < 1.29 is 0 Å². The van der Waals surface area contributed by atoms with Crippen molar-refractivity contribution in [1.29, 1.82) is 0 Å². The summed E-state index contributed by atoms with van der Waals surface area (Å²) in [7, 11) is 0. The van der Waals surface area contributed by atoms with E-state index in [9.17, 15) is 4.79 Å². The van der Waals surface area contributed by atoms with Crippen LogP contribution in [0.3, 0.4) is 0 Å². The van der Waals surface area contributed by atoms with Crippen LogP contribution in [-0.2, 0) is 12.0 Å². The van der Waals surface area contributed by atoms with Crippen LogP contribution in [0.5, 0.6) is 0 Å². The second-order valence-corrected chi connectivity index (χ2v) is 6.95. The van der Waals surface area contributed by atoms with Gasteiger partial charge in [0.25, 0.3) is 0 Å². The first-order chi connectivity index (χ1) is 10.4. The highest BCUT2D eigenvalue weighted by atomic mass is 32.1. The van der Waals surface area contributed by atoms with Crippen molar-refractivity contribution in [2.45, 2.75) is 32.7 Å². The zero-order valence-corrected chi connectivity index (χ0v) is 13.7. The molecule has 0 atom stereocenters. The van der Waals surface area contributed by atoms with Gasteiger partial charge in [0, 0.05) is 30.0 Å². The minimum Gasteiger partial charge on any atom is -0.358 e. The molecule has 7 heteroatoms. The molecule has 116 valence electrons. The Morgan fingerprint density at radius 2 is 2.09 bits per heavy atom. The van der Waals surface area contributed by atoms with Crippen molar-refractivity contribution in [3.63, 3.8) is 0 Å².